The summed E-state index contributed by atoms with van der Waals surface area (Å²) in [4.78, 5) is 0.280. The van der Waals surface area contributed by atoms with E-state index in [0.717, 1.165) is 12.2 Å². The quantitative estimate of drug-likeness (QED) is 0.832. The molecule has 1 aromatic rings. The molecule has 0 bridgehead atoms. The van der Waals surface area contributed by atoms with Crippen molar-refractivity contribution >= 4 is 33.4 Å². The molecule has 2 atom stereocenters. The van der Waals surface area contributed by atoms with Crippen molar-refractivity contribution in [3.63, 3.8) is 0 Å². The third kappa shape index (κ3) is 2.72. The smallest absolute Gasteiger partial charge is 0.243 e. The van der Waals surface area contributed by atoms with E-state index in [0.29, 0.717) is 24.8 Å². The van der Waals surface area contributed by atoms with Crippen LogP contribution in [0.5, 0.6) is 0 Å². The summed E-state index contributed by atoms with van der Waals surface area (Å²) in [6, 6.07) is 6.52. The Hall–Kier alpha value is -0.270. The first-order valence-electron chi connectivity index (χ1n) is 6.56. The van der Waals surface area contributed by atoms with Gasteiger partial charge >= 0.3 is 0 Å². The van der Waals surface area contributed by atoms with Crippen molar-refractivity contribution in [2.24, 2.45) is 0 Å². The zero-order chi connectivity index (χ0) is 14.2. The molecular weight excluding hydrogens is 318 g/mol. The summed E-state index contributed by atoms with van der Waals surface area (Å²) < 4.78 is 32.7. The third-order valence-electron chi connectivity index (χ3n) is 3.69. The van der Waals surface area contributed by atoms with Crippen LogP contribution in [-0.2, 0) is 14.8 Å². The molecule has 7 heteroatoms. The second-order valence-corrected chi connectivity index (χ2v) is 8.59. The first kappa shape index (κ1) is 14.7. The van der Waals surface area contributed by atoms with Gasteiger partial charge in [0.2, 0.25) is 10.0 Å². The van der Waals surface area contributed by atoms with Gasteiger partial charge in [0.1, 0.15) is 0 Å². The Labute approximate surface area is 128 Å². The molecule has 110 valence electrons. The van der Waals surface area contributed by atoms with Gasteiger partial charge in [0.15, 0.2) is 0 Å². The van der Waals surface area contributed by atoms with E-state index in [1.165, 1.54) is 6.07 Å². The van der Waals surface area contributed by atoms with Gasteiger partial charge in [0.25, 0.3) is 0 Å². The van der Waals surface area contributed by atoms with Crippen LogP contribution >= 0.6 is 23.4 Å². The van der Waals surface area contributed by atoms with Crippen LogP contribution in [0.3, 0.4) is 0 Å². The summed E-state index contributed by atoms with van der Waals surface area (Å²) >= 11 is 7.73. The van der Waals surface area contributed by atoms with E-state index in [2.05, 4.69) is 0 Å². The number of halogens is 1. The molecule has 2 aliphatic rings. The van der Waals surface area contributed by atoms with E-state index in [1.54, 1.807) is 22.5 Å². The lowest BCUT2D eigenvalue weighted by Gasteiger charge is -2.42. The highest BCUT2D eigenvalue weighted by molar-refractivity contribution is 8.00. The van der Waals surface area contributed by atoms with Gasteiger partial charge in [-0.05, 0) is 24.6 Å². The molecule has 0 saturated carbocycles. The summed E-state index contributed by atoms with van der Waals surface area (Å²) in [5.74, 6) is 0.810. The van der Waals surface area contributed by atoms with Gasteiger partial charge in [0.05, 0.1) is 11.5 Å². The lowest BCUT2D eigenvalue weighted by atomic mass is 10.1. The van der Waals surface area contributed by atoms with Crippen LogP contribution in [0.15, 0.2) is 29.2 Å². The summed E-state index contributed by atoms with van der Waals surface area (Å²) in [6.45, 7) is 1.82. The van der Waals surface area contributed by atoms with Gasteiger partial charge in [-0.1, -0.05) is 17.7 Å². The van der Waals surface area contributed by atoms with E-state index >= 15 is 0 Å². The van der Waals surface area contributed by atoms with Gasteiger partial charge in [0, 0.05) is 35.2 Å². The predicted octanol–water partition coefficient (Wildman–Crippen LogP) is 2.24. The Morgan fingerprint density at radius 2 is 2.25 bits per heavy atom. The molecule has 0 radical (unpaired) electrons. The molecule has 2 saturated heterocycles. The number of ether oxygens (including phenoxy) is 1. The minimum absolute atomic E-state index is 0.0338. The predicted molar refractivity (Wildman–Crippen MR) is 80.8 cm³/mol. The SMILES string of the molecule is O=S(=O)(c1cccc(Cl)c1)N1CCS[C@@H]2COCC[C@H]21. The lowest BCUT2D eigenvalue weighted by Crippen LogP contribution is -2.54. The maximum atomic E-state index is 12.8. The van der Waals surface area contributed by atoms with E-state index in [-0.39, 0.29) is 16.2 Å². The molecule has 0 aromatic heterocycles. The van der Waals surface area contributed by atoms with E-state index in [9.17, 15) is 8.42 Å². The second-order valence-electron chi connectivity index (χ2n) is 4.91. The first-order valence-corrected chi connectivity index (χ1v) is 9.42. The molecule has 2 aliphatic heterocycles. The highest BCUT2D eigenvalue weighted by atomic mass is 35.5. The van der Waals surface area contributed by atoms with Crippen molar-refractivity contribution in [1.82, 2.24) is 4.31 Å². The van der Waals surface area contributed by atoms with Crippen LogP contribution in [0.1, 0.15) is 6.42 Å². The number of fused-ring (bicyclic) bond motifs is 1. The Morgan fingerprint density at radius 1 is 1.40 bits per heavy atom. The molecule has 3 rings (SSSR count). The topological polar surface area (TPSA) is 46.6 Å². The summed E-state index contributed by atoms with van der Waals surface area (Å²) in [5, 5.41) is 0.687. The Morgan fingerprint density at radius 3 is 3.05 bits per heavy atom. The number of nitrogens with zero attached hydrogens (tertiary/aromatic N) is 1. The fraction of sp³-hybridized carbons (Fsp3) is 0.538. The molecule has 0 N–H and O–H groups in total. The van der Waals surface area contributed by atoms with Crippen molar-refractivity contribution in [1.29, 1.82) is 0 Å². The van der Waals surface area contributed by atoms with Crippen molar-refractivity contribution < 1.29 is 13.2 Å². The monoisotopic (exact) mass is 333 g/mol. The standard InChI is InChI=1S/C13H16ClNO3S2/c14-10-2-1-3-11(8-10)20(16,17)15-5-7-19-13-9-18-6-4-12(13)15/h1-3,8,12-13H,4-7,9H2/t12-,13-/m1/s1. The summed E-state index contributed by atoms with van der Waals surface area (Å²) in [6.07, 6.45) is 0.761. The minimum atomic E-state index is -3.47. The number of hydrogen-bond donors (Lipinski definition) is 0. The van der Waals surface area contributed by atoms with Gasteiger partial charge in [-0.15, -0.1) is 0 Å². The van der Waals surface area contributed by atoms with Crippen LogP contribution in [0.2, 0.25) is 5.02 Å². The summed E-state index contributed by atoms with van der Waals surface area (Å²) in [7, 11) is -3.47. The second kappa shape index (κ2) is 5.85. The van der Waals surface area contributed by atoms with E-state index < -0.39 is 10.0 Å². The molecule has 0 spiro atoms. The van der Waals surface area contributed by atoms with Crippen LogP contribution in [0.25, 0.3) is 0 Å². The van der Waals surface area contributed by atoms with Gasteiger partial charge in [-0.25, -0.2) is 8.42 Å². The summed E-state index contributed by atoms with van der Waals surface area (Å²) in [5.41, 5.74) is 0. The fourth-order valence-corrected chi connectivity index (χ4v) is 6.20. The average molecular weight is 334 g/mol. The molecule has 4 nitrogen and oxygen atoms in total. The van der Waals surface area contributed by atoms with E-state index in [4.69, 9.17) is 16.3 Å². The maximum absolute atomic E-state index is 12.8. The zero-order valence-corrected chi connectivity index (χ0v) is 13.3. The number of hydrogen-bond acceptors (Lipinski definition) is 4. The largest absolute Gasteiger partial charge is 0.380 e. The fourth-order valence-electron chi connectivity index (χ4n) is 2.71. The van der Waals surface area contributed by atoms with Crippen molar-refractivity contribution in [3.05, 3.63) is 29.3 Å². The Bertz CT molecular complexity index is 591. The van der Waals surface area contributed by atoms with Gasteiger partial charge < -0.3 is 4.74 Å². The molecular formula is C13H16ClNO3S2. The highest BCUT2D eigenvalue weighted by Gasteiger charge is 2.40. The van der Waals surface area contributed by atoms with Crippen LogP contribution in [0, 0.1) is 0 Å². The number of thioether (sulfide) groups is 1. The molecule has 2 heterocycles. The highest BCUT2D eigenvalue weighted by Crippen LogP contribution is 2.34. The van der Waals surface area contributed by atoms with Crippen molar-refractivity contribution in [3.8, 4) is 0 Å². The molecule has 0 aliphatic carbocycles. The van der Waals surface area contributed by atoms with Crippen LogP contribution in [0.4, 0.5) is 0 Å². The van der Waals surface area contributed by atoms with Crippen LogP contribution < -0.4 is 0 Å². The normalized spacial score (nSPS) is 28.1. The van der Waals surface area contributed by atoms with Gasteiger partial charge in [-0.2, -0.15) is 16.1 Å². The van der Waals surface area contributed by atoms with Crippen molar-refractivity contribution in [2.75, 3.05) is 25.5 Å². The molecule has 20 heavy (non-hydrogen) atoms. The molecule has 0 unspecified atom stereocenters. The number of sulfonamides is 1. The maximum Gasteiger partial charge on any atom is 0.243 e. The molecule has 2 fully saturated rings. The average Bonchev–Trinajstić information content (AvgIpc) is 2.46. The van der Waals surface area contributed by atoms with E-state index in [1.807, 2.05) is 11.8 Å². The Balaban J connectivity index is 1.93. The van der Waals surface area contributed by atoms with Gasteiger partial charge in [-0.3, -0.25) is 0 Å². The third-order valence-corrected chi connectivity index (χ3v) is 7.14. The zero-order valence-electron chi connectivity index (χ0n) is 10.9. The lowest BCUT2D eigenvalue weighted by molar-refractivity contribution is 0.0625. The first-order chi connectivity index (χ1) is 9.59. The molecule has 0 amide bonds. The Kier molecular flexibility index (Phi) is 4.29. The number of rotatable bonds is 2. The minimum Gasteiger partial charge on any atom is -0.380 e. The van der Waals surface area contributed by atoms with Crippen LogP contribution in [-0.4, -0.2) is 49.5 Å². The number of benzene rings is 1. The van der Waals surface area contributed by atoms with Crippen molar-refractivity contribution in [2.45, 2.75) is 22.6 Å². The molecule has 1 aromatic carbocycles.